The predicted molar refractivity (Wildman–Crippen MR) is 141 cm³/mol. The van der Waals surface area contributed by atoms with E-state index in [1.165, 1.54) is 24.3 Å². The molecule has 190 valence electrons. The third-order valence-electron chi connectivity index (χ3n) is 4.97. The van der Waals surface area contributed by atoms with E-state index in [1.807, 2.05) is 0 Å². The average Bonchev–Trinajstić information content (AvgIpc) is 3.39. The van der Waals surface area contributed by atoms with Crippen molar-refractivity contribution in [1.29, 1.82) is 0 Å². The number of furan rings is 1. The maximum Gasteiger partial charge on any atom is 0.414 e. The predicted octanol–water partition coefficient (Wildman–Crippen LogP) is 5.93. The van der Waals surface area contributed by atoms with Crippen molar-refractivity contribution in [2.24, 2.45) is 0 Å². The molecule has 2 aromatic heterocycles. The molecule has 0 saturated carbocycles. The van der Waals surface area contributed by atoms with Crippen LogP contribution in [0.4, 0.5) is 15.6 Å². The minimum absolute atomic E-state index is 0.0404. The molecular weight excluding hydrogens is 546 g/mol. The number of thiazole rings is 1. The summed E-state index contributed by atoms with van der Waals surface area (Å²) in [6.07, 6.45) is -1.15. The second kappa shape index (κ2) is 9.94. The molecule has 1 atom stereocenters. The Labute approximate surface area is 219 Å². The number of halogens is 1. The van der Waals surface area contributed by atoms with Crippen LogP contribution >= 0.6 is 22.9 Å². The van der Waals surface area contributed by atoms with E-state index in [1.54, 1.807) is 50.4 Å². The lowest BCUT2D eigenvalue weighted by atomic mass is 10.1. The van der Waals surface area contributed by atoms with Crippen LogP contribution in [0.1, 0.15) is 26.5 Å². The molecule has 0 spiro atoms. The highest BCUT2D eigenvalue weighted by Crippen LogP contribution is 2.33. The maximum atomic E-state index is 13.3. The summed E-state index contributed by atoms with van der Waals surface area (Å²) < 4.78 is 47.2. The molecule has 13 heteroatoms. The smallest absolute Gasteiger partial charge is 0.414 e. The van der Waals surface area contributed by atoms with Gasteiger partial charge in [0.05, 0.1) is 0 Å². The second-order valence-corrected chi connectivity index (χ2v) is 13.1. The zero-order valence-electron chi connectivity index (χ0n) is 19.4. The first-order valence-electron chi connectivity index (χ1n) is 10.5. The molecule has 0 fully saturated rings. The van der Waals surface area contributed by atoms with E-state index in [9.17, 15) is 22.9 Å². The molecule has 2 aromatic carbocycles. The first-order chi connectivity index (χ1) is 16.8. The summed E-state index contributed by atoms with van der Waals surface area (Å²) in [6.45, 7) is 5.23. The zero-order valence-corrected chi connectivity index (χ0v) is 22.6. The van der Waals surface area contributed by atoms with E-state index in [4.69, 9.17) is 16.0 Å². The van der Waals surface area contributed by atoms with Gasteiger partial charge in [-0.1, -0.05) is 29.8 Å². The van der Waals surface area contributed by atoms with E-state index in [0.717, 1.165) is 16.2 Å². The summed E-state index contributed by atoms with van der Waals surface area (Å²) in [7, 11) is -4.15. The standard InChI is InChI=1S/C23H22ClN3O6S3/c1-23(2,3)27(22(28)29)21-25-16(12-34-21)13-35(30)19-9-8-15(24)11-17(19)26-36(31,32)20-10-14-6-4-5-7-18(14)33-20/h4-12,26H,13H2,1-3H3,(H,28,29). The fourth-order valence-electron chi connectivity index (χ4n) is 3.40. The molecule has 0 aliphatic heterocycles. The Kier molecular flexibility index (Phi) is 7.26. The highest BCUT2D eigenvalue weighted by atomic mass is 35.5. The number of fused-ring (bicyclic) bond motifs is 1. The van der Waals surface area contributed by atoms with Crippen molar-refractivity contribution in [3.8, 4) is 0 Å². The zero-order chi connectivity index (χ0) is 26.3. The Hall–Kier alpha value is -2.77. The fraction of sp³-hybridized carbons (Fsp3) is 0.217. The van der Waals surface area contributed by atoms with Crippen molar-refractivity contribution in [1.82, 2.24) is 4.98 Å². The van der Waals surface area contributed by atoms with Gasteiger partial charge in [0.1, 0.15) is 17.0 Å². The molecule has 36 heavy (non-hydrogen) atoms. The SMILES string of the molecule is CC(C)(C)N(C(=O)O)c1nc(C[S+]([O-])c2ccc(Cl)cc2NS(=O)(=O)c2cc3ccccc3o2)cs1. The third kappa shape index (κ3) is 5.62. The summed E-state index contributed by atoms with van der Waals surface area (Å²) in [5.74, 6) is -0.0604. The summed E-state index contributed by atoms with van der Waals surface area (Å²) in [6, 6.07) is 12.6. The summed E-state index contributed by atoms with van der Waals surface area (Å²) >= 11 is 5.49. The van der Waals surface area contributed by atoms with Crippen molar-refractivity contribution in [2.75, 3.05) is 9.62 Å². The van der Waals surface area contributed by atoms with Crippen LogP contribution in [0.3, 0.4) is 0 Å². The number of para-hydroxylation sites is 1. The fourth-order valence-corrected chi connectivity index (χ4v) is 6.93. The number of hydrogen-bond donors (Lipinski definition) is 2. The summed E-state index contributed by atoms with van der Waals surface area (Å²) in [5.41, 5.74) is 0.138. The number of nitrogens with zero attached hydrogens (tertiary/aromatic N) is 2. The normalized spacial score (nSPS) is 13.0. The minimum atomic E-state index is -4.15. The van der Waals surface area contributed by atoms with Crippen LogP contribution in [0.15, 0.2) is 68.3 Å². The van der Waals surface area contributed by atoms with E-state index in [-0.39, 0.29) is 31.6 Å². The number of benzene rings is 2. The van der Waals surface area contributed by atoms with Crippen LogP contribution in [0.5, 0.6) is 0 Å². The minimum Gasteiger partial charge on any atom is -0.611 e. The molecule has 1 amide bonds. The first kappa shape index (κ1) is 26.3. The monoisotopic (exact) mass is 567 g/mol. The molecule has 2 heterocycles. The molecule has 2 N–H and O–H groups in total. The number of nitrogens with one attached hydrogen (secondary N) is 1. The molecule has 0 aliphatic rings. The van der Waals surface area contributed by atoms with E-state index in [2.05, 4.69) is 9.71 Å². The van der Waals surface area contributed by atoms with E-state index >= 15 is 0 Å². The Morgan fingerprint density at radius 3 is 2.64 bits per heavy atom. The van der Waals surface area contributed by atoms with Crippen molar-refractivity contribution in [3.05, 3.63) is 64.6 Å². The van der Waals surface area contributed by atoms with Crippen molar-refractivity contribution < 1.29 is 27.3 Å². The maximum absolute atomic E-state index is 13.3. The highest BCUT2D eigenvalue weighted by Gasteiger charge is 2.31. The topological polar surface area (TPSA) is 136 Å². The van der Waals surface area contributed by atoms with Crippen LogP contribution in [-0.4, -0.2) is 34.7 Å². The molecule has 0 bridgehead atoms. The van der Waals surface area contributed by atoms with Crippen molar-refractivity contribution >= 4 is 72.0 Å². The molecule has 0 aliphatic carbocycles. The average molecular weight is 568 g/mol. The Bertz CT molecular complexity index is 1490. The van der Waals surface area contributed by atoms with Crippen molar-refractivity contribution in [2.45, 2.75) is 42.1 Å². The van der Waals surface area contributed by atoms with E-state index in [0.29, 0.717) is 16.7 Å². The lowest BCUT2D eigenvalue weighted by Gasteiger charge is -2.30. The lowest BCUT2D eigenvalue weighted by molar-refractivity contribution is 0.195. The molecule has 1 unspecified atom stereocenters. The van der Waals surface area contributed by atoms with Crippen LogP contribution in [0.25, 0.3) is 11.0 Å². The van der Waals surface area contributed by atoms with Crippen LogP contribution in [0.2, 0.25) is 5.02 Å². The molecule has 4 aromatic rings. The summed E-state index contributed by atoms with van der Waals surface area (Å²) in [5, 5.41) is 12.0. The van der Waals surface area contributed by atoms with Gasteiger partial charge >= 0.3 is 6.09 Å². The number of aromatic nitrogens is 1. The van der Waals surface area contributed by atoms with Crippen LogP contribution in [0, 0.1) is 0 Å². The van der Waals surface area contributed by atoms with Gasteiger partial charge in [-0.15, -0.1) is 11.3 Å². The largest absolute Gasteiger partial charge is 0.611 e. The van der Waals surface area contributed by atoms with Gasteiger partial charge in [-0.2, -0.15) is 8.42 Å². The third-order valence-corrected chi connectivity index (χ3v) is 8.70. The summed E-state index contributed by atoms with van der Waals surface area (Å²) in [4.78, 5) is 17.4. The number of rotatable bonds is 7. The van der Waals surface area contributed by atoms with Gasteiger partial charge in [-0.25, -0.2) is 14.7 Å². The number of hydrogen-bond acceptors (Lipinski definition) is 7. The van der Waals surface area contributed by atoms with Gasteiger partial charge in [-0.05, 0) is 56.2 Å². The molecular formula is C23H22ClN3O6S3. The highest BCUT2D eigenvalue weighted by molar-refractivity contribution is 7.93. The van der Waals surface area contributed by atoms with Gasteiger partial charge in [0, 0.05) is 27.4 Å². The number of carbonyl (C=O) groups is 1. The Balaban J connectivity index is 1.60. The lowest BCUT2D eigenvalue weighted by Crippen LogP contribution is -2.45. The molecule has 0 radical (unpaired) electrons. The quantitative estimate of drug-likeness (QED) is 0.264. The second-order valence-electron chi connectivity index (χ2n) is 8.75. The molecule has 4 rings (SSSR count). The van der Waals surface area contributed by atoms with Crippen LogP contribution < -0.4 is 9.62 Å². The molecule has 0 saturated heterocycles. The molecule has 9 nitrogen and oxygen atoms in total. The van der Waals surface area contributed by atoms with Gasteiger partial charge in [0.25, 0.3) is 10.0 Å². The van der Waals surface area contributed by atoms with Crippen molar-refractivity contribution in [3.63, 3.8) is 0 Å². The Morgan fingerprint density at radius 1 is 1.25 bits per heavy atom. The van der Waals surface area contributed by atoms with Gasteiger partial charge in [-0.3, -0.25) is 4.72 Å². The number of carboxylic acid groups (broad SMARTS) is 1. The first-order valence-corrected chi connectivity index (χ1v) is 14.6. The van der Waals surface area contributed by atoms with Gasteiger partial charge in [0.15, 0.2) is 15.8 Å². The van der Waals surface area contributed by atoms with E-state index < -0.39 is 32.8 Å². The van der Waals surface area contributed by atoms with Gasteiger partial charge in [0.2, 0.25) is 5.09 Å². The van der Waals surface area contributed by atoms with Crippen LogP contribution in [-0.2, 0) is 27.0 Å². The number of anilines is 2. The number of amides is 1. The van der Waals surface area contributed by atoms with Gasteiger partial charge < -0.3 is 14.1 Å². The Morgan fingerprint density at radius 2 is 1.97 bits per heavy atom. The number of sulfonamides is 1.